The second-order valence-corrected chi connectivity index (χ2v) is 9.80. The van der Waals surface area contributed by atoms with E-state index in [2.05, 4.69) is 43.9 Å². The first-order valence-corrected chi connectivity index (χ1v) is 10.5. The van der Waals surface area contributed by atoms with Gasteiger partial charge in [0.15, 0.2) is 0 Å². The number of benzene rings is 1. The Kier molecular flexibility index (Phi) is 4.48. The zero-order valence-corrected chi connectivity index (χ0v) is 16.0. The number of hydrogen-bond acceptors (Lipinski definition) is 4. The van der Waals surface area contributed by atoms with Crippen LogP contribution in [0.15, 0.2) is 24.3 Å². The SMILES string of the molecule is CC1(C)CC(=O)CC2N(CCCCS(=O)(=O)O)c3ccccc3C21C. The molecule has 1 aliphatic carbocycles. The van der Waals surface area contributed by atoms with Gasteiger partial charge >= 0.3 is 0 Å². The lowest BCUT2D eigenvalue weighted by Crippen LogP contribution is -2.56. The first-order chi connectivity index (χ1) is 11.6. The molecule has 25 heavy (non-hydrogen) atoms. The van der Waals surface area contributed by atoms with Gasteiger partial charge in [0.25, 0.3) is 10.1 Å². The fourth-order valence-electron chi connectivity index (χ4n) is 4.76. The highest BCUT2D eigenvalue weighted by Gasteiger charge is 2.58. The lowest BCUT2D eigenvalue weighted by atomic mass is 9.54. The first kappa shape index (κ1) is 18.4. The fraction of sp³-hybridized carbons (Fsp3) is 0.632. The quantitative estimate of drug-likeness (QED) is 0.641. The standard InChI is InChI=1S/C19H27NO4S/c1-18(2)13-14(21)12-17-19(18,3)15-8-4-5-9-16(15)20(17)10-6-7-11-25(22,23)24/h4-5,8-9,17H,6-7,10-13H2,1-3H3,(H,22,23,24). The topological polar surface area (TPSA) is 74.7 Å². The summed E-state index contributed by atoms with van der Waals surface area (Å²) in [6.07, 6.45) is 2.20. The molecule has 1 aromatic carbocycles. The van der Waals surface area contributed by atoms with Gasteiger partial charge in [0.1, 0.15) is 5.78 Å². The van der Waals surface area contributed by atoms with E-state index >= 15 is 0 Å². The molecule has 1 heterocycles. The first-order valence-electron chi connectivity index (χ1n) is 8.89. The summed E-state index contributed by atoms with van der Waals surface area (Å²) >= 11 is 0. The molecule has 2 unspecified atom stereocenters. The molecule has 5 nitrogen and oxygen atoms in total. The van der Waals surface area contributed by atoms with Crippen LogP contribution in [-0.2, 0) is 20.3 Å². The third kappa shape index (κ3) is 3.10. The summed E-state index contributed by atoms with van der Waals surface area (Å²) in [5.74, 6) is 0.0812. The van der Waals surface area contributed by atoms with Crippen molar-refractivity contribution < 1.29 is 17.8 Å². The number of unbranched alkanes of at least 4 members (excludes halogenated alkanes) is 1. The van der Waals surface area contributed by atoms with Crippen LogP contribution in [-0.4, -0.2) is 37.1 Å². The number of nitrogens with zero attached hydrogens (tertiary/aromatic N) is 1. The van der Waals surface area contributed by atoms with Crippen molar-refractivity contribution in [2.24, 2.45) is 5.41 Å². The molecule has 0 radical (unpaired) electrons. The van der Waals surface area contributed by atoms with Crippen molar-refractivity contribution in [1.29, 1.82) is 0 Å². The van der Waals surface area contributed by atoms with E-state index in [0.717, 1.165) is 5.69 Å². The van der Waals surface area contributed by atoms with E-state index in [-0.39, 0.29) is 22.6 Å². The van der Waals surface area contributed by atoms with Gasteiger partial charge in [0.05, 0.1) is 5.75 Å². The molecule has 138 valence electrons. The molecule has 1 aliphatic heterocycles. The molecule has 0 amide bonds. The predicted molar refractivity (Wildman–Crippen MR) is 98.6 cm³/mol. The molecule has 1 fully saturated rings. The van der Waals surface area contributed by atoms with Gasteiger partial charge in [0.2, 0.25) is 0 Å². The Labute approximate surface area is 150 Å². The molecule has 6 heteroatoms. The minimum Gasteiger partial charge on any atom is -0.367 e. The summed E-state index contributed by atoms with van der Waals surface area (Å²) in [4.78, 5) is 14.7. The summed E-state index contributed by atoms with van der Waals surface area (Å²) < 4.78 is 30.8. The van der Waals surface area contributed by atoms with Crippen molar-refractivity contribution >= 4 is 21.6 Å². The molecule has 2 atom stereocenters. The lowest BCUT2D eigenvalue weighted by Gasteiger charge is -2.51. The maximum absolute atomic E-state index is 12.4. The van der Waals surface area contributed by atoms with Gasteiger partial charge in [-0.15, -0.1) is 0 Å². The van der Waals surface area contributed by atoms with Gasteiger partial charge in [0, 0.05) is 36.5 Å². The highest BCUT2D eigenvalue weighted by Crippen LogP contribution is 2.59. The number of carbonyl (C=O) groups is 1. The molecular weight excluding hydrogens is 338 g/mol. The van der Waals surface area contributed by atoms with Gasteiger partial charge in [-0.3, -0.25) is 9.35 Å². The maximum atomic E-state index is 12.4. The van der Waals surface area contributed by atoms with Crippen molar-refractivity contribution in [1.82, 2.24) is 0 Å². The fourth-order valence-corrected chi connectivity index (χ4v) is 5.33. The van der Waals surface area contributed by atoms with Crippen molar-refractivity contribution in [2.45, 2.75) is 57.9 Å². The van der Waals surface area contributed by atoms with Crippen molar-refractivity contribution in [2.75, 3.05) is 17.2 Å². The van der Waals surface area contributed by atoms with Crippen LogP contribution >= 0.6 is 0 Å². The van der Waals surface area contributed by atoms with E-state index in [1.807, 2.05) is 6.07 Å². The normalized spacial score (nSPS) is 27.9. The lowest BCUT2D eigenvalue weighted by molar-refractivity contribution is -0.126. The summed E-state index contributed by atoms with van der Waals surface area (Å²) in [7, 11) is -3.92. The van der Waals surface area contributed by atoms with Gasteiger partial charge in [-0.25, -0.2) is 0 Å². The summed E-state index contributed by atoms with van der Waals surface area (Å²) in [5, 5.41) is 0. The van der Waals surface area contributed by atoms with Crippen LogP contribution in [0.2, 0.25) is 0 Å². The zero-order chi connectivity index (χ0) is 18.5. The van der Waals surface area contributed by atoms with Crippen LogP contribution in [0.4, 0.5) is 5.69 Å². The van der Waals surface area contributed by atoms with Crippen LogP contribution in [0.3, 0.4) is 0 Å². The Morgan fingerprint density at radius 3 is 2.56 bits per heavy atom. The molecule has 3 rings (SSSR count). The molecule has 1 aromatic rings. The average Bonchev–Trinajstić information content (AvgIpc) is 2.73. The summed E-state index contributed by atoms with van der Waals surface area (Å²) in [6.45, 7) is 7.31. The van der Waals surface area contributed by atoms with Crippen LogP contribution in [0, 0.1) is 5.41 Å². The van der Waals surface area contributed by atoms with E-state index in [0.29, 0.717) is 38.0 Å². The number of rotatable bonds is 5. The molecule has 0 spiro atoms. The Morgan fingerprint density at radius 2 is 1.88 bits per heavy atom. The van der Waals surface area contributed by atoms with Gasteiger partial charge in [-0.05, 0) is 29.9 Å². The third-order valence-corrected chi connectivity index (χ3v) is 7.14. The molecule has 1 saturated carbocycles. The van der Waals surface area contributed by atoms with E-state index in [4.69, 9.17) is 4.55 Å². The maximum Gasteiger partial charge on any atom is 0.264 e. The second-order valence-electron chi connectivity index (χ2n) is 8.23. The van der Waals surface area contributed by atoms with E-state index in [1.54, 1.807) is 0 Å². The Balaban J connectivity index is 1.90. The van der Waals surface area contributed by atoms with Crippen molar-refractivity contribution in [3.63, 3.8) is 0 Å². The smallest absolute Gasteiger partial charge is 0.264 e. The second kappa shape index (κ2) is 6.09. The minimum atomic E-state index is -3.92. The van der Waals surface area contributed by atoms with Crippen LogP contribution in [0.1, 0.15) is 52.0 Å². The average molecular weight is 365 g/mol. The number of Topliss-reactive ketones (excluding diaryl/α,β-unsaturated/α-hetero) is 1. The molecule has 2 aliphatic rings. The molecule has 0 aromatic heterocycles. The number of para-hydroxylation sites is 1. The van der Waals surface area contributed by atoms with Crippen LogP contribution in [0.5, 0.6) is 0 Å². The largest absolute Gasteiger partial charge is 0.367 e. The highest BCUT2D eigenvalue weighted by molar-refractivity contribution is 7.85. The minimum absolute atomic E-state index is 0.104. The Morgan fingerprint density at radius 1 is 1.20 bits per heavy atom. The number of fused-ring (bicyclic) bond motifs is 3. The summed E-state index contributed by atoms with van der Waals surface area (Å²) in [6, 6.07) is 8.43. The van der Waals surface area contributed by atoms with E-state index < -0.39 is 10.1 Å². The van der Waals surface area contributed by atoms with E-state index in [1.165, 1.54) is 5.56 Å². The number of carbonyl (C=O) groups excluding carboxylic acids is 1. The molecule has 0 bridgehead atoms. The van der Waals surface area contributed by atoms with E-state index in [9.17, 15) is 13.2 Å². The zero-order valence-electron chi connectivity index (χ0n) is 15.2. The number of ketones is 1. The van der Waals surface area contributed by atoms with Gasteiger partial charge in [-0.1, -0.05) is 39.0 Å². The third-order valence-electron chi connectivity index (χ3n) is 6.33. The summed E-state index contributed by atoms with van der Waals surface area (Å²) in [5.41, 5.74) is 2.20. The van der Waals surface area contributed by atoms with Gasteiger partial charge < -0.3 is 4.90 Å². The monoisotopic (exact) mass is 365 g/mol. The van der Waals surface area contributed by atoms with Crippen molar-refractivity contribution in [3.8, 4) is 0 Å². The molecule has 1 N–H and O–H groups in total. The number of anilines is 1. The van der Waals surface area contributed by atoms with Crippen LogP contribution < -0.4 is 4.90 Å². The predicted octanol–water partition coefficient (Wildman–Crippen LogP) is 3.19. The van der Waals surface area contributed by atoms with Crippen molar-refractivity contribution in [3.05, 3.63) is 29.8 Å². The molecule has 0 saturated heterocycles. The van der Waals surface area contributed by atoms with Crippen LogP contribution in [0.25, 0.3) is 0 Å². The Bertz CT molecular complexity index is 786. The van der Waals surface area contributed by atoms with Gasteiger partial charge in [-0.2, -0.15) is 8.42 Å². The highest BCUT2D eigenvalue weighted by atomic mass is 32.2. The molecular formula is C19H27NO4S. The Hall–Kier alpha value is -1.40. The number of hydrogen-bond donors (Lipinski definition) is 1.